The van der Waals surface area contributed by atoms with E-state index < -0.39 is 0 Å². The fraction of sp³-hybridized carbons (Fsp3) is 0.706. The van der Waals surface area contributed by atoms with E-state index in [4.69, 9.17) is 4.98 Å². The van der Waals surface area contributed by atoms with Gasteiger partial charge in [-0.1, -0.05) is 26.8 Å². The average molecular weight is 290 g/mol. The number of pyridine rings is 1. The maximum atomic E-state index is 4.80. The molecule has 1 aliphatic heterocycles. The van der Waals surface area contributed by atoms with E-state index in [1.807, 2.05) is 0 Å². The van der Waals surface area contributed by atoms with Crippen LogP contribution in [0.3, 0.4) is 0 Å². The highest BCUT2D eigenvalue weighted by atomic mass is 15.3. The van der Waals surface area contributed by atoms with Gasteiger partial charge >= 0.3 is 0 Å². The van der Waals surface area contributed by atoms with Crippen LogP contribution in [0.25, 0.3) is 0 Å². The Kier molecular flexibility index (Phi) is 6.00. The number of hydrogen-bond donors (Lipinski definition) is 1. The minimum absolute atomic E-state index is 0.752. The standard InChI is InChI=1S/C17H30N4/c1-5-18-12-16-6-7-17(19-15(16)4)21-10-8-20(9-11-21)13-14(2)3/h6-7,14,18H,5,8-13H2,1-4H3. The summed E-state index contributed by atoms with van der Waals surface area (Å²) in [6, 6.07) is 4.40. The van der Waals surface area contributed by atoms with E-state index in [1.165, 1.54) is 12.1 Å². The smallest absolute Gasteiger partial charge is 0.128 e. The van der Waals surface area contributed by atoms with Gasteiger partial charge in [-0.25, -0.2) is 4.98 Å². The molecule has 4 heteroatoms. The highest BCUT2D eigenvalue weighted by Crippen LogP contribution is 2.17. The minimum Gasteiger partial charge on any atom is -0.354 e. The van der Waals surface area contributed by atoms with E-state index in [2.05, 4.69) is 54.9 Å². The first kappa shape index (κ1) is 16.2. The quantitative estimate of drug-likeness (QED) is 0.871. The van der Waals surface area contributed by atoms with E-state index in [0.29, 0.717) is 0 Å². The van der Waals surface area contributed by atoms with Crippen molar-refractivity contribution in [3.63, 3.8) is 0 Å². The minimum atomic E-state index is 0.752. The molecule has 118 valence electrons. The second-order valence-electron chi connectivity index (χ2n) is 6.38. The zero-order valence-corrected chi connectivity index (χ0v) is 14.0. The molecule has 1 fully saturated rings. The third-order valence-electron chi connectivity index (χ3n) is 4.07. The van der Waals surface area contributed by atoms with Gasteiger partial charge < -0.3 is 10.2 Å². The second kappa shape index (κ2) is 7.76. The Morgan fingerprint density at radius 2 is 1.90 bits per heavy atom. The topological polar surface area (TPSA) is 31.4 Å². The Labute approximate surface area is 129 Å². The van der Waals surface area contributed by atoms with Crippen LogP contribution in [0.1, 0.15) is 32.0 Å². The molecule has 0 spiro atoms. The molecule has 1 aliphatic rings. The molecular weight excluding hydrogens is 260 g/mol. The van der Waals surface area contributed by atoms with Crippen molar-refractivity contribution in [2.24, 2.45) is 5.92 Å². The summed E-state index contributed by atoms with van der Waals surface area (Å²) >= 11 is 0. The van der Waals surface area contributed by atoms with Crippen LogP contribution >= 0.6 is 0 Å². The largest absolute Gasteiger partial charge is 0.354 e. The third-order valence-corrected chi connectivity index (χ3v) is 4.07. The first-order valence-electron chi connectivity index (χ1n) is 8.24. The molecule has 2 rings (SSSR count). The molecule has 4 nitrogen and oxygen atoms in total. The summed E-state index contributed by atoms with van der Waals surface area (Å²) in [6.07, 6.45) is 0. The van der Waals surface area contributed by atoms with Gasteiger partial charge in [-0.15, -0.1) is 0 Å². The van der Waals surface area contributed by atoms with Gasteiger partial charge in [0, 0.05) is 45.0 Å². The van der Waals surface area contributed by atoms with Gasteiger partial charge in [0.05, 0.1) is 0 Å². The lowest BCUT2D eigenvalue weighted by atomic mass is 10.1. The van der Waals surface area contributed by atoms with Gasteiger partial charge in [-0.3, -0.25) is 4.90 Å². The van der Waals surface area contributed by atoms with Crippen LogP contribution in [0, 0.1) is 12.8 Å². The Balaban J connectivity index is 1.92. The van der Waals surface area contributed by atoms with E-state index in [9.17, 15) is 0 Å². The van der Waals surface area contributed by atoms with Crippen LogP contribution in [-0.4, -0.2) is 49.2 Å². The zero-order chi connectivity index (χ0) is 15.2. The fourth-order valence-electron chi connectivity index (χ4n) is 2.88. The predicted molar refractivity (Wildman–Crippen MR) is 89.8 cm³/mol. The van der Waals surface area contributed by atoms with Crippen molar-refractivity contribution >= 4 is 5.82 Å². The molecule has 0 unspecified atom stereocenters. The molecule has 1 aromatic heterocycles. The molecule has 0 amide bonds. The Bertz CT molecular complexity index is 436. The van der Waals surface area contributed by atoms with Crippen molar-refractivity contribution in [3.05, 3.63) is 23.4 Å². The van der Waals surface area contributed by atoms with Crippen LogP contribution < -0.4 is 10.2 Å². The van der Waals surface area contributed by atoms with Crippen molar-refractivity contribution in [1.82, 2.24) is 15.2 Å². The van der Waals surface area contributed by atoms with E-state index in [0.717, 1.165) is 56.7 Å². The van der Waals surface area contributed by atoms with E-state index in [1.54, 1.807) is 0 Å². The summed E-state index contributed by atoms with van der Waals surface area (Å²) in [6.45, 7) is 16.4. The van der Waals surface area contributed by atoms with Crippen LogP contribution in [-0.2, 0) is 6.54 Å². The van der Waals surface area contributed by atoms with Gasteiger partial charge in [0.1, 0.15) is 5.82 Å². The molecule has 0 radical (unpaired) electrons. The monoisotopic (exact) mass is 290 g/mol. The SMILES string of the molecule is CCNCc1ccc(N2CCN(CC(C)C)CC2)nc1C. The number of piperazine rings is 1. The molecule has 0 saturated carbocycles. The van der Waals surface area contributed by atoms with Gasteiger partial charge in [-0.05, 0) is 31.0 Å². The zero-order valence-electron chi connectivity index (χ0n) is 14.0. The number of nitrogens with one attached hydrogen (secondary N) is 1. The van der Waals surface area contributed by atoms with Crippen molar-refractivity contribution < 1.29 is 0 Å². The molecule has 21 heavy (non-hydrogen) atoms. The maximum absolute atomic E-state index is 4.80. The first-order chi connectivity index (χ1) is 10.1. The maximum Gasteiger partial charge on any atom is 0.128 e. The Hall–Kier alpha value is -1.13. The molecule has 1 aromatic rings. The van der Waals surface area contributed by atoms with Crippen LogP contribution in [0.2, 0.25) is 0 Å². The summed E-state index contributed by atoms with van der Waals surface area (Å²) in [5.41, 5.74) is 2.46. The van der Waals surface area contributed by atoms with Gasteiger partial charge in [0.15, 0.2) is 0 Å². The fourth-order valence-corrected chi connectivity index (χ4v) is 2.88. The van der Waals surface area contributed by atoms with Gasteiger partial charge in [0.25, 0.3) is 0 Å². The number of aryl methyl sites for hydroxylation is 1. The molecule has 0 aromatic carbocycles. The summed E-state index contributed by atoms with van der Waals surface area (Å²) in [4.78, 5) is 9.78. The van der Waals surface area contributed by atoms with Gasteiger partial charge in [0.2, 0.25) is 0 Å². The van der Waals surface area contributed by atoms with Crippen molar-refractivity contribution in [2.75, 3.05) is 44.2 Å². The summed E-state index contributed by atoms with van der Waals surface area (Å²) in [5.74, 6) is 1.89. The number of aromatic nitrogens is 1. The number of hydrogen-bond acceptors (Lipinski definition) is 4. The third kappa shape index (κ3) is 4.68. The Morgan fingerprint density at radius 3 is 2.48 bits per heavy atom. The molecule has 1 N–H and O–H groups in total. The highest BCUT2D eigenvalue weighted by Gasteiger charge is 2.18. The lowest BCUT2D eigenvalue weighted by Crippen LogP contribution is -2.47. The summed E-state index contributed by atoms with van der Waals surface area (Å²) < 4.78 is 0. The summed E-state index contributed by atoms with van der Waals surface area (Å²) in [5, 5.41) is 3.37. The first-order valence-corrected chi connectivity index (χ1v) is 8.24. The van der Waals surface area contributed by atoms with Crippen LogP contribution in [0.4, 0.5) is 5.82 Å². The number of rotatable bonds is 6. The number of anilines is 1. The molecule has 1 saturated heterocycles. The van der Waals surface area contributed by atoms with Crippen molar-refractivity contribution in [3.8, 4) is 0 Å². The van der Waals surface area contributed by atoms with Crippen LogP contribution in [0.5, 0.6) is 0 Å². The summed E-state index contributed by atoms with van der Waals surface area (Å²) in [7, 11) is 0. The van der Waals surface area contributed by atoms with Crippen molar-refractivity contribution in [1.29, 1.82) is 0 Å². The van der Waals surface area contributed by atoms with E-state index >= 15 is 0 Å². The molecule has 2 heterocycles. The predicted octanol–water partition coefficient (Wildman–Crippen LogP) is 2.28. The molecule has 0 atom stereocenters. The Morgan fingerprint density at radius 1 is 1.19 bits per heavy atom. The lowest BCUT2D eigenvalue weighted by molar-refractivity contribution is 0.231. The van der Waals surface area contributed by atoms with Crippen LogP contribution in [0.15, 0.2) is 12.1 Å². The number of nitrogens with zero attached hydrogens (tertiary/aromatic N) is 3. The second-order valence-corrected chi connectivity index (χ2v) is 6.38. The van der Waals surface area contributed by atoms with E-state index in [-0.39, 0.29) is 0 Å². The normalized spacial score (nSPS) is 16.7. The van der Waals surface area contributed by atoms with Gasteiger partial charge in [-0.2, -0.15) is 0 Å². The van der Waals surface area contributed by atoms with Crippen molar-refractivity contribution in [2.45, 2.75) is 34.2 Å². The molecule has 0 bridgehead atoms. The average Bonchev–Trinajstić information content (AvgIpc) is 2.46. The molecule has 0 aliphatic carbocycles. The molecular formula is C17H30N4. The highest BCUT2D eigenvalue weighted by molar-refractivity contribution is 5.42. The lowest BCUT2D eigenvalue weighted by Gasteiger charge is -2.36.